The summed E-state index contributed by atoms with van der Waals surface area (Å²) in [6.45, 7) is 1.14. The summed E-state index contributed by atoms with van der Waals surface area (Å²) in [4.78, 5) is 0. The quantitative estimate of drug-likeness (QED) is 0.515. The van der Waals surface area contributed by atoms with Gasteiger partial charge >= 0.3 is 0 Å². The van der Waals surface area contributed by atoms with E-state index in [2.05, 4.69) is 0 Å². The Morgan fingerprint density at radius 3 is 2.60 bits per heavy atom. The molecule has 2 nitrogen and oxygen atoms in total. The van der Waals surface area contributed by atoms with E-state index < -0.39 is 4.52 Å². The van der Waals surface area contributed by atoms with Crippen LogP contribution in [0.4, 0.5) is 0 Å². The molecule has 1 atom stereocenters. The normalized spacial score (nSPS) is 24.9. The largest absolute Gasteiger partial charge is 0.371 e. The second kappa shape index (κ2) is 3.46. The molecular formula is C5H7Cl3O2. The van der Waals surface area contributed by atoms with Crippen molar-refractivity contribution in [3.63, 3.8) is 0 Å². The highest BCUT2D eigenvalue weighted by atomic mass is 35.5. The van der Waals surface area contributed by atoms with E-state index in [4.69, 9.17) is 44.3 Å². The van der Waals surface area contributed by atoms with Gasteiger partial charge in [-0.2, -0.15) is 0 Å². The van der Waals surface area contributed by atoms with Crippen molar-refractivity contribution in [2.75, 3.05) is 19.1 Å². The van der Waals surface area contributed by atoms with Crippen LogP contribution in [0.15, 0.2) is 0 Å². The molecule has 5 heteroatoms. The molecule has 0 saturated carbocycles. The number of halogens is 3. The lowest BCUT2D eigenvalue weighted by atomic mass is 10.5. The SMILES string of the molecule is ClCC(Cl)(Cl)OCC1CO1. The van der Waals surface area contributed by atoms with Gasteiger partial charge in [0.1, 0.15) is 6.10 Å². The molecule has 0 bridgehead atoms. The molecule has 0 N–H and O–H groups in total. The van der Waals surface area contributed by atoms with Crippen molar-refractivity contribution in [2.24, 2.45) is 0 Å². The van der Waals surface area contributed by atoms with E-state index in [1.165, 1.54) is 0 Å². The predicted molar refractivity (Wildman–Crippen MR) is 40.8 cm³/mol. The van der Waals surface area contributed by atoms with Crippen molar-refractivity contribution >= 4 is 34.8 Å². The third kappa shape index (κ3) is 3.26. The Morgan fingerprint density at radius 2 is 2.20 bits per heavy atom. The Bertz CT molecular complexity index is 113. The third-order valence-electron chi connectivity index (χ3n) is 1.04. The fourth-order valence-electron chi connectivity index (χ4n) is 0.418. The van der Waals surface area contributed by atoms with Gasteiger partial charge in [0.05, 0.1) is 19.1 Å². The van der Waals surface area contributed by atoms with Crippen LogP contribution in [0, 0.1) is 0 Å². The molecule has 1 aliphatic heterocycles. The van der Waals surface area contributed by atoms with Crippen molar-refractivity contribution < 1.29 is 9.47 Å². The average Bonchev–Trinajstić information content (AvgIpc) is 2.66. The van der Waals surface area contributed by atoms with Crippen molar-refractivity contribution in [2.45, 2.75) is 10.6 Å². The Balaban J connectivity index is 2.09. The molecule has 1 rings (SSSR count). The second-order valence-electron chi connectivity index (χ2n) is 2.04. The Morgan fingerprint density at radius 1 is 1.60 bits per heavy atom. The highest BCUT2D eigenvalue weighted by molar-refractivity contribution is 6.50. The summed E-state index contributed by atoms with van der Waals surface area (Å²) in [6, 6.07) is 0. The molecule has 1 unspecified atom stereocenters. The van der Waals surface area contributed by atoms with Crippen molar-refractivity contribution in [3.05, 3.63) is 0 Å². The number of hydrogen-bond acceptors (Lipinski definition) is 2. The van der Waals surface area contributed by atoms with Gasteiger partial charge in [-0.1, -0.05) is 23.2 Å². The van der Waals surface area contributed by atoms with E-state index in [1.807, 2.05) is 0 Å². The van der Waals surface area contributed by atoms with E-state index in [1.54, 1.807) is 0 Å². The second-order valence-corrected chi connectivity index (χ2v) is 3.72. The highest BCUT2D eigenvalue weighted by Crippen LogP contribution is 2.25. The summed E-state index contributed by atoms with van der Waals surface area (Å²) in [7, 11) is 0. The molecule has 1 fully saturated rings. The topological polar surface area (TPSA) is 21.8 Å². The number of alkyl halides is 3. The van der Waals surface area contributed by atoms with Gasteiger partial charge in [0.2, 0.25) is 4.52 Å². The minimum absolute atomic E-state index is 0.0584. The highest BCUT2D eigenvalue weighted by Gasteiger charge is 2.29. The smallest absolute Gasteiger partial charge is 0.231 e. The maximum absolute atomic E-state index is 5.55. The van der Waals surface area contributed by atoms with E-state index in [9.17, 15) is 0 Å². The van der Waals surface area contributed by atoms with Crippen molar-refractivity contribution in [1.29, 1.82) is 0 Å². The van der Waals surface area contributed by atoms with E-state index in [0.717, 1.165) is 6.61 Å². The average molecular weight is 205 g/mol. The molecule has 0 aromatic heterocycles. The molecule has 0 radical (unpaired) electrons. The summed E-state index contributed by atoms with van der Waals surface area (Å²) in [5, 5.41) is 0. The minimum atomic E-state index is -1.26. The molecule has 1 saturated heterocycles. The summed E-state index contributed by atoms with van der Waals surface area (Å²) in [6.07, 6.45) is 0.167. The Kier molecular flexibility index (Phi) is 3.07. The zero-order chi connectivity index (χ0) is 7.61. The summed E-state index contributed by atoms with van der Waals surface area (Å²) in [5.74, 6) is 0.0584. The number of epoxide rings is 1. The predicted octanol–water partition coefficient (Wildman–Crippen LogP) is 1.77. The van der Waals surface area contributed by atoms with Crippen molar-refractivity contribution in [3.8, 4) is 0 Å². The Hall–Kier alpha value is 0.790. The molecule has 60 valence electrons. The van der Waals surface area contributed by atoms with Crippen molar-refractivity contribution in [1.82, 2.24) is 0 Å². The van der Waals surface area contributed by atoms with Gasteiger partial charge in [0.25, 0.3) is 0 Å². The summed E-state index contributed by atoms with van der Waals surface area (Å²) >= 11 is 16.5. The lowest BCUT2D eigenvalue weighted by Crippen LogP contribution is -2.22. The first-order valence-corrected chi connectivity index (χ1v) is 4.12. The molecule has 1 aliphatic rings. The first-order chi connectivity index (χ1) is 4.64. The zero-order valence-corrected chi connectivity index (χ0v) is 7.42. The number of ether oxygens (including phenoxy) is 2. The van der Waals surface area contributed by atoms with Crippen LogP contribution in [0.3, 0.4) is 0 Å². The summed E-state index contributed by atoms with van der Waals surface area (Å²) in [5.41, 5.74) is 0. The van der Waals surface area contributed by atoms with Gasteiger partial charge in [-0.25, -0.2) is 0 Å². The monoisotopic (exact) mass is 204 g/mol. The van der Waals surface area contributed by atoms with Gasteiger partial charge in [0, 0.05) is 0 Å². The third-order valence-corrected chi connectivity index (χ3v) is 2.17. The molecule has 0 amide bonds. The first kappa shape index (κ1) is 8.88. The zero-order valence-electron chi connectivity index (χ0n) is 5.15. The van der Waals surface area contributed by atoms with Crippen LogP contribution in [0.1, 0.15) is 0 Å². The number of hydrogen-bond donors (Lipinski definition) is 0. The lowest BCUT2D eigenvalue weighted by Gasteiger charge is -2.15. The molecule has 10 heavy (non-hydrogen) atoms. The van der Waals surface area contributed by atoms with Crippen LogP contribution in [0.5, 0.6) is 0 Å². The molecule has 0 spiro atoms. The fourth-order valence-corrected chi connectivity index (χ4v) is 0.621. The number of rotatable bonds is 4. The van der Waals surface area contributed by atoms with E-state index in [0.29, 0.717) is 6.61 Å². The van der Waals surface area contributed by atoms with Gasteiger partial charge in [-0.3, -0.25) is 0 Å². The maximum atomic E-state index is 5.55. The fraction of sp³-hybridized carbons (Fsp3) is 1.00. The van der Waals surface area contributed by atoms with Gasteiger partial charge < -0.3 is 9.47 Å². The molecule has 0 aliphatic carbocycles. The molecule has 0 aromatic rings. The van der Waals surface area contributed by atoms with Crippen LogP contribution in [-0.4, -0.2) is 29.7 Å². The van der Waals surface area contributed by atoms with Gasteiger partial charge in [0.15, 0.2) is 0 Å². The van der Waals surface area contributed by atoms with Crippen LogP contribution >= 0.6 is 34.8 Å². The minimum Gasteiger partial charge on any atom is -0.371 e. The maximum Gasteiger partial charge on any atom is 0.231 e. The van der Waals surface area contributed by atoms with Crippen LogP contribution in [0.2, 0.25) is 0 Å². The molecule has 1 heterocycles. The molecule has 0 aromatic carbocycles. The lowest BCUT2D eigenvalue weighted by molar-refractivity contribution is 0.0788. The Labute approximate surface area is 74.3 Å². The van der Waals surface area contributed by atoms with E-state index >= 15 is 0 Å². The van der Waals surface area contributed by atoms with Crippen LogP contribution in [0.25, 0.3) is 0 Å². The van der Waals surface area contributed by atoms with Crippen LogP contribution in [-0.2, 0) is 9.47 Å². The van der Waals surface area contributed by atoms with Gasteiger partial charge in [-0.15, -0.1) is 11.6 Å². The van der Waals surface area contributed by atoms with E-state index in [-0.39, 0.29) is 12.0 Å². The standard InChI is InChI=1S/C5H7Cl3O2/c6-3-5(7,8)10-2-4-1-9-4/h4H,1-3H2. The van der Waals surface area contributed by atoms with Gasteiger partial charge in [-0.05, 0) is 0 Å². The summed E-state index contributed by atoms with van der Waals surface area (Å²) < 4.78 is 8.58. The molecular weight excluding hydrogens is 198 g/mol. The van der Waals surface area contributed by atoms with Crippen LogP contribution < -0.4 is 0 Å². The first-order valence-electron chi connectivity index (χ1n) is 2.83.